The molecule has 4 rings (SSSR count). The number of aromatic carboxylic acids is 6. The van der Waals surface area contributed by atoms with Crippen LogP contribution in [0.3, 0.4) is 0 Å². The molecule has 0 aliphatic heterocycles. The van der Waals surface area contributed by atoms with Crippen molar-refractivity contribution in [2.45, 2.75) is 46.5 Å². The van der Waals surface area contributed by atoms with Gasteiger partial charge < -0.3 is 30.6 Å². The number of benzene rings is 1. The quantitative estimate of drug-likeness (QED) is 0.126. The van der Waals surface area contributed by atoms with Gasteiger partial charge in [0.25, 0.3) is 0 Å². The van der Waals surface area contributed by atoms with E-state index in [0.29, 0.717) is 28.2 Å². The Labute approximate surface area is 277 Å². The highest BCUT2D eigenvalue weighted by Gasteiger charge is 2.26. The summed E-state index contributed by atoms with van der Waals surface area (Å²) in [6.45, 7) is 8.99. The van der Waals surface area contributed by atoms with Crippen LogP contribution in [-0.2, 0) is 11.8 Å². The van der Waals surface area contributed by atoms with Gasteiger partial charge in [-0.3, -0.25) is 4.98 Å². The summed E-state index contributed by atoms with van der Waals surface area (Å²) in [4.78, 5) is 73.8. The molecule has 0 aliphatic rings. The molecule has 0 unspecified atom stereocenters. The van der Waals surface area contributed by atoms with E-state index in [4.69, 9.17) is 25.5 Å². The van der Waals surface area contributed by atoms with Crippen molar-refractivity contribution in [1.82, 2.24) is 9.97 Å². The number of thiophene rings is 1. The van der Waals surface area contributed by atoms with Crippen molar-refractivity contribution < 1.29 is 59.4 Å². The monoisotopic (exact) mass is 680 g/mol. The van der Waals surface area contributed by atoms with Crippen LogP contribution in [0.5, 0.6) is 0 Å². The summed E-state index contributed by atoms with van der Waals surface area (Å²) in [7, 11) is 0. The number of pyridine rings is 2. The van der Waals surface area contributed by atoms with Gasteiger partial charge in [0.05, 0.1) is 27.9 Å². The predicted molar refractivity (Wildman–Crippen MR) is 173 cm³/mol. The summed E-state index contributed by atoms with van der Waals surface area (Å²) in [5, 5.41) is 53.5. The molecular formula is C33H32N2O12S. The molecule has 6 N–H and O–H groups in total. The summed E-state index contributed by atoms with van der Waals surface area (Å²) in [6, 6.07) is 12.8. The fourth-order valence-corrected chi connectivity index (χ4v) is 5.30. The molecule has 0 amide bonds. The van der Waals surface area contributed by atoms with E-state index in [1.165, 1.54) is 31.3 Å². The Kier molecular flexibility index (Phi) is 12.8. The molecule has 14 nitrogen and oxygen atoms in total. The van der Waals surface area contributed by atoms with Crippen molar-refractivity contribution in [3.63, 3.8) is 0 Å². The number of hydrogen-bond donors (Lipinski definition) is 6. The second-order valence-electron chi connectivity index (χ2n) is 10.8. The Balaban J connectivity index is 0.000000256. The Morgan fingerprint density at radius 2 is 1.27 bits per heavy atom. The second-order valence-corrected chi connectivity index (χ2v) is 11.9. The van der Waals surface area contributed by atoms with E-state index in [2.05, 4.69) is 9.97 Å². The molecular weight excluding hydrogens is 648 g/mol. The van der Waals surface area contributed by atoms with Crippen LogP contribution in [0.1, 0.15) is 106 Å². The van der Waals surface area contributed by atoms with Crippen molar-refractivity contribution in [3.05, 3.63) is 105 Å². The van der Waals surface area contributed by atoms with E-state index in [9.17, 15) is 33.9 Å². The lowest BCUT2D eigenvalue weighted by atomic mass is 9.89. The van der Waals surface area contributed by atoms with Gasteiger partial charge in [-0.15, -0.1) is 11.3 Å². The first-order valence-corrected chi connectivity index (χ1v) is 14.7. The van der Waals surface area contributed by atoms with Crippen LogP contribution in [0.25, 0.3) is 10.4 Å². The molecule has 4 aromatic rings. The number of aromatic nitrogens is 2. The zero-order chi connectivity index (χ0) is 36.5. The van der Waals surface area contributed by atoms with Crippen LogP contribution in [0.4, 0.5) is 0 Å². The molecule has 0 fully saturated rings. The third-order valence-corrected chi connectivity index (χ3v) is 7.80. The predicted octanol–water partition coefficient (Wildman–Crippen LogP) is 5.94. The SMILES string of the molecule is CCc1nc(C(C)(C)C)cc(C(=O)O)c1C(=O)O.Cc1c(C(=O)O)sc(-c2ccccc2)c1C(=O)O.O=C(O)c1cccnc1C(=O)O. The number of aryl methyl sites for hydroxylation is 1. The van der Waals surface area contributed by atoms with E-state index >= 15 is 0 Å². The molecule has 0 radical (unpaired) electrons. The lowest BCUT2D eigenvalue weighted by Crippen LogP contribution is -2.20. The number of carboxylic acids is 6. The molecule has 15 heteroatoms. The zero-order valence-electron chi connectivity index (χ0n) is 26.3. The van der Waals surface area contributed by atoms with Gasteiger partial charge in [-0.2, -0.15) is 0 Å². The van der Waals surface area contributed by atoms with E-state index in [-0.39, 0.29) is 32.5 Å². The Bertz CT molecular complexity index is 1840. The molecule has 0 bridgehead atoms. The number of rotatable bonds is 8. The number of hydrogen-bond acceptors (Lipinski definition) is 9. The molecule has 1 aromatic carbocycles. The van der Waals surface area contributed by atoms with Crippen molar-refractivity contribution >= 4 is 47.2 Å². The van der Waals surface area contributed by atoms with Crippen LogP contribution in [0.2, 0.25) is 0 Å². The van der Waals surface area contributed by atoms with Gasteiger partial charge in [-0.25, -0.2) is 33.8 Å². The second kappa shape index (κ2) is 16.0. The summed E-state index contributed by atoms with van der Waals surface area (Å²) in [5.74, 6) is -7.32. The van der Waals surface area contributed by atoms with E-state index in [0.717, 1.165) is 16.9 Å². The minimum Gasteiger partial charge on any atom is -0.478 e. The molecule has 0 saturated heterocycles. The van der Waals surface area contributed by atoms with Gasteiger partial charge in [0.1, 0.15) is 4.88 Å². The summed E-state index contributed by atoms with van der Waals surface area (Å²) in [5.41, 5.74) is 0.518. The van der Waals surface area contributed by atoms with Gasteiger partial charge in [-0.1, -0.05) is 58.0 Å². The number of nitrogens with zero attached hydrogens (tertiary/aromatic N) is 2. The lowest BCUT2D eigenvalue weighted by molar-refractivity contribution is 0.0646. The van der Waals surface area contributed by atoms with Crippen molar-refractivity contribution in [1.29, 1.82) is 0 Å². The van der Waals surface area contributed by atoms with Crippen LogP contribution >= 0.6 is 11.3 Å². The first kappa shape index (κ1) is 38.2. The molecule has 0 aliphatic carbocycles. The summed E-state index contributed by atoms with van der Waals surface area (Å²) >= 11 is 0.995. The topological polar surface area (TPSA) is 250 Å². The van der Waals surface area contributed by atoms with Gasteiger partial charge in [0.2, 0.25) is 0 Å². The molecule has 3 aromatic heterocycles. The highest BCUT2D eigenvalue weighted by molar-refractivity contribution is 7.18. The molecule has 0 atom stereocenters. The fourth-order valence-electron chi connectivity index (χ4n) is 4.16. The average molecular weight is 681 g/mol. The third kappa shape index (κ3) is 9.29. The highest BCUT2D eigenvalue weighted by atomic mass is 32.1. The van der Waals surface area contributed by atoms with Crippen molar-refractivity contribution in [3.8, 4) is 10.4 Å². The van der Waals surface area contributed by atoms with Crippen LogP contribution < -0.4 is 0 Å². The largest absolute Gasteiger partial charge is 0.478 e. The van der Waals surface area contributed by atoms with Crippen LogP contribution in [0, 0.1) is 6.92 Å². The van der Waals surface area contributed by atoms with Gasteiger partial charge in [-0.05, 0) is 42.7 Å². The molecule has 252 valence electrons. The van der Waals surface area contributed by atoms with E-state index in [1.54, 1.807) is 31.2 Å². The first-order valence-electron chi connectivity index (χ1n) is 13.9. The molecule has 0 spiro atoms. The smallest absolute Gasteiger partial charge is 0.355 e. The molecule has 0 saturated carbocycles. The molecule has 3 heterocycles. The minimum atomic E-state index is -1.34. The normalized spacial score (nSPS) is 10.4. The van der Waals surface area contributed by atoms with Gasteiger partial charge >= 0.3 is 35.8 Å². The highest BCUT2D eigenvalue weighted by Crippen LogP contribution is 2.36. The van der Waals surface area contributed by atoms with Crippen molar-refractivity contribution in [2.75, 3.05) is 0 Å². The van der Waals surface area contributed by atoms with E-state index < -0.39 is 41.5 Å². The lowest BCUT2D eigenvalue weighted by Gasteiger charge is -2.20. The van der Waals surface area contributed by atoms with Gasteiger partial charge in [0.15, 0.2) is 5.69 Å². The Morgan fingerprint density at radius 3 is 1.69 bits per heavy atom. The maximum absolute atomic E-state index is 11.3. The maximum atomic E-state index is 11.3. The zero-order valence-corrected chi connectivity index (χ0v) is 27.2. The van der Waals surface area contributed by atoms with Crippen LogP contribution in [0.15, 0.2) is 54.7 Å². The Morgan fingerprint density at radius 1 is 0.708 bits per heavy atom. The van der Waals surface area contributed by atoms with E-state index in [1.807, 2.05) is 26.8 Å². The van der Waals surface area contributed by atoms with Gasteiger partial charge in [0, 0.05) is 22.2 Å². The maximum Gasteiger partial charge on any atom is 0.355 e. The summed E-state index contributed by atoms with van der Waals surface area (Å²) < 4.78 is 0. The third-order valence-electron chi connectivity index (χ3n) is 6.47. The first-order chi connectivity index (χ1) is 22.3. The number of carbonyl (C=O) groups is 6. The molecule has 48 heavy (non-hydrogen) atoms. The fraction of sp³-hybridized carbons (Fsp3) is 0.212. The average Bonchev–Trinajstić information content (AvgIpc) is 3.38. The number of carboxylic acid groups (broad SMARTS) is 6. The minimum absolute atomic E-state index is 0.0728. The van der Waals surface area contributed by atoms with Crippen molar-refractivity contribution in [2.24, 2.45) is 0 Å². The Hall–Kier alpha value is -5.96. The summed E-state index contributed by atoms with van der Waals surface area (Å²) in [6.07, 6.45) is 1.61. The standard InChI is InChI=1S/C13H17NO4.C13H10O4S.C7H5NO4/c1-5-8-10(12(17)18)7(11(15)16)6-9(14-8)13(2,3)4;1-7-9(12(14)15)11(18-10(7)13(16)17)8-5-3-2-4-6-8;9-6(10)4-2-1-3-8-5(4)7(11)12/h6H,5H2,1-4H3,(H,15,16)(H,17,18);2-6H,1H3,(H,14,15)(H,16,17);1-3H,(H,9,10)(H,11,12). The van der Waals surface area contributed by atoms with Crippen LogP contribution in [-0.4, -0.2) is 76.4 Å².